The third kappa shape index (κ3) is 24.8. The fourth-order valence-corrected chi connectivity index (χ4v) is 5.30. The fraction of sp³-hybridized carbons (Fsp3) is 1.00. The molecule has 0 saturated carbocycles. The molecule has 0 aliphatic carbocycles. The van der Waals surface area contributed by atoms with Gasteiger partial charge in [0.1, 0.15) is 0 Å². The molecule has 0 spiro atoms. The topological polar surface area (TPSA) is 52.6 Å². The molecular weight excluding hydrogens is 432 g/mol. The van der Waals surface area contributed by atoms with E-state index in [4.69, 9.17) is 8.37 Å². The first-order valence-corrected chi connectivity index (χ1v) is 15.8. The van der Waals surface area contributed by atoms with Crippen LogP contribution in [0, 0.1) is 11.8 Å². The van der Waals surface area contributed by atoms with Crippen LogP contribution < -0.4 is 0 Å². The number of rotatable bonds is 26. The Morgan fingerprint density at radius 3 is 1.12 bits per heavy atom. The molecule has 0 radical (unpaired) electrons. The van der Waals surface area contributed by atoms with Gasteiger partial charge < -0.3 is 0 Å². The molecule has 0 aromatic carbocycles. The number of unbranched alkanes of at least 4 members (excludes halogenated alkanes) is 12. The van der Waals surface area contributed by atoms with E-state index in [2.05, 4.69) is 27.7 Å². The van der Waals surface area contributed by atoms with Gasteiger partial charge in [0.05, 0.1) is 13.2 Å². The van der Waals surface area contributed by atoms with Gasteiger partial charge >= 0.3 is 10.4 Å². The maximum atomic E-state index is 11.8. The Balaban J connectivity index is 3.39. The average Bonchev–Trinajstić information content (AvgIpc) is 2.76. The van der Waals surface area contributed by atoms with Crippen molar-refractivity contribution in [2.45, 2.75) is 156 Å². The Hall–Kier alpha value is -0.130. The van der Waals surface area contributed by atoms with E-state index in [-0.39, 0.29) is 13.2 Å². The Kier molecular flexibility index (Phi) is 23.5. The van der Waals surface area contributed by atoms with Gasteiger partial charge in [0.15, 0.2) is 0 Å². The van der Waals surface area contributed by atoms with Crippen LogP contribution in [0.15, 0.2) is 0 Å². The SMILES string of the molecule is CCCC(C)CCCCCCCCCOS(=O)(=O)OCCCCCCCCCC(C)CCC. The molecule has 0 amide bonds. The third-order valence-corrected chi connectivity index (χ3v) is 7.61. The van der Waals surface area contributed by atoms with Crippen LogP contribution >= 0.6 is 0 Å². The van der Waals surface area contributed by atoms with Crippen LogP contribution in [0.5, 0.6) is 0 Å². The van der Waals surface area contributed by atoms with E-state index in [0.29, 0.717) is 0 Å². The summed E-state index contributed by atoms with van der Waals surface area (Å²) in [4.78, 5) is 0. The minimum Gasteiger partial charge on any atom is -0.248 e. The average molecular weight is 491 g/mol. The van der Waals surface area contributed by atoms with Crippen molar-refractivity contribution in [3.05, 3.63) is 0 Å². The zero-order valence-corrected chi connectivity index (χ0v) is 23.6. The highest BCUT2D eigenvalue weighted by Gasteiger charge is 2.11. The summed E-state index contributed by atoms with van der Waals surface area (Å²) in [6, 6.07) is 0. The largest absolute Gasteiger partial charge is 0.399 e. The Morgan fingerprint density at radius 2 is 0.788 bits per heavy atom. The molecule has 2 unspecified atom stereocenters. The first kappa shape index (κ1) is 32.9. The molecule has 2 atom stereocenters. The molecule has 0 bridgehead atoms. The first-order chi connectivity index (χ1) is 15.9. The summed E-state index contributed by atoms with van der Waals surface area (Å²) in [6.07, 6.45) is 24.4. The molecule has 0 N–H and O–H groups in total. The maximum Gasteiger partial charge on any atom is 0.399 e. The predicted molar refractivity (Wildman–Crippen MR) is 143 cm³/mol. The van der Waals surface area contributed by atoms with Crippen molar-refractivity contribution < 1.29 is 16.8 Å². The van der Waals surface area contributed by atoms with Gasteiger partial charge in [-0.1, -0.05) is 143 Å². The van der Waals surface area contributed by atoms with E-state index in [0.717, 1.165) is 50.4 Å². The standard InChI is InChI=1S/C28H58O4S/c1-5-21-27(3)23-17-13-9-7-11-15-19-25-31-33(29,30)32-26-20-16-12-8-10-14-18-24-28(4)22-6-2/h27-28H,5-26H2,1-4H3. The van der Waals surface area contributed by atoms with Gasteiger partial charge in [-0.05, 0) is 24.7 Å². The van der Waals surface area contributed by atoms with Crippen LogP contribution in [-0.2, 0) is 18.8 Å². The quantitative estimate of drug-likeness (QED) is 0.113. The van der Waals surface area contributed by atoms with Crippen LogP contribution in [-0.4, -0.2) is 21.6 Å². The van der Waals surface area contributed by atoms with Crippen molar-refractivity contribution >= 4 is 10.4 Å². The van der Waals surface area contributed by atoms with Gasteiger partial charge in [0.2, 0.25) is 0 Å². The second-order valence-corrected chi connectivity index (χ2v) is 11.7. The highest BCUT2D eigenvalue weighted by molar-refractivity contribution is 7.81. The fourth-order valence-electron chi connectivity index (χ4n) is 4.59. The molecule has 0 heterocycles. The lowest BCUT2D eigenvalue weighted by Crippen LogP contribution is -2.12. The lowest BCUT2D eigenvalue weighted by Gasteiger charge is -2.09. The zero-order valence-electron chi connectivity index (χ0n) is 22.8. The van der Waals surface area contributed by atoms with Gasteiger partial charge in [0.25, 0.3) is 0 Å². The van der Waals surface area contributed by atoms with Crippen LogP contribution in [0.4, 0.5) is 0 Å². The summed E-state index contributed by atoms with van der Waals surface area (Å²) < 4.78 is 33.6. The van der Waals surface area contributed by atoms with E-state index in [9.17, 15) is 8.42 Å². The highest BCUT2D eigenvalue weighted by Crippen LogP contribution is 2.17. The summed E-state index contributed by atoms with van der Waals surface area (Å²) in [5.74, 6) is 1.74. The van der Waals surface area contributed by atoms with Gasteiger partial charge in [0, 0.05) is 0 Å². The Bertz CT molecular complexity index is 454. The zero-order chi connectivity index (χ0) is 24.6. The number of hydrogen-bond donors (Lipinski definition) is 0. The van der Waals surface area contributed by atoms with Crippen molar-refractivity contribution in [1.82, 2.24) is 0 Å². The van der Waals surface area contributed by atoms with Crippen LogP contribution in [0.2, 0.25) is 0 Å². The minimum absolute atomic E-state index is 0.244. The molecular formula is C28H58O4S. The summed E-state index contributed by atoms with van der Waals surface area (Å²) in [7, 11) is -3.82. The van der Waals surface area contributed by atoms with Crippen LogP contribution in [0.1, 0.15) is 156 Å². The molecule has 33 heavy (non-hydrogen) atoms. The van der Waals surface area contributed by atoms with Crippen molar-refractivity contribution in [1.29, 1.82) is 0 Å². The maximum absolute atomic E-state index is 11.8. The van der Waals surface area contributed by atoms with E-state index in [1.165, 1.54) is 89.9 Å². The molecule has 4 nitrogen and oxygen atoms in total. The van der Waals surface area contributed by atoms with E-state index < -0.39 is 10.4 Å². The first-order valence-electron chi connectivity index (χ1n) is 14.4. The van der Waals surface area contributed by atoms with Crippen molar-refractivity contribution in [3.8, 4) is 0 Å². The summed E-state index contributed by atoms with van der Waals surface area (Å²) in [6.45, 7) is 9.73. The molecule has 0 rings (SSSR count). The van der Waals surface area contributed by atoms with Gasteiger partial charge in [-0.15, -0.1) is 0 Å². The normalized spacial score (nSPS) is 13.9. The van der Waals surface area contributed by atoms with E-state index >= 15 is 0 Å². The molecule has 0 aliphatic heterocycles. The van der Waals surface area contributed by atoms with Gasteiger partial charge in [-0.3, -0.25) is 0 Å². The summed E-state index contributed by atoms with van der Waals surface area (Å²) in [5.41, 5.74) is 0. The molecule has 0 saturated heterocycles. The summed E-state index contributed by atoms with van der Waals surface area (Å²) in [5, 5.41) is 0. The van der Waals surface area contributed by atoms with Crippen LogP contribution in [0.3, 0.4) is 0 Å². The Morgan fingerprint density at radius 1 is 0.485 bits per heavy atom. The molecule has 5 heteroatoms. The highest BCUT2D eigenvalue weighted by atomic mass is 32.3. The van der Waals surface area contributed by atoms with Crippen molar-refractivity contribution in [2.24, 2.45) is 11.8 Å². The molecule has 0 fully saturated rings. The Labute approximate surface area is 208 Å². The third-order valence-electron chi connectivity index (χ3n) is 6.70. The lowest BCUT2D eigenvalue weighted by molar-refractivity contribution is 0.208. The van der Waals surface area contributed by atoms with E-state index in [1.807, 2.05) is 0 Å². The number of hydrogen-bond acceptors (Lipinski definition) is 4. The summed E-state index contributed by atoms with van der Waals surface area (Å²) >= 11 is 0. The molecule has 0 aliphatic rings. The monoisotopic (exact) mass is 490 g/mol. The van der Waals surface area contributed by atoms with E-state index in [1.54, 1.807) is 0 Å². The smallest absolute Gasteiger partial charge is 0.248 e. The molecule has 0 aromatic rings. The minimum atomic E-state index is -3.82. The van der Waals surface area contributed by atoms with Crippen LogP contribution in [0.25, 0.3) is 0 Å². The second kappa shape index (κ2) is 23.6. The van der Waals surface area contributed by atoms with Gasteiger partial charge in [-0.2, -0.15) is 8.42 Å². The molecule has 200 valence electrons. The van der Waals surface area contributed by atoms with Gasteiger partial charge in [-0.25, -0.2) is 8.37 Å². The lowest BCUT2D eigenvalue weighted by atomic mass is 9.98. The predicted octanol–water partition coefficient (Wildman–Crippen LogP) is 9.38. The molecule has 0 aromatic heterocycles. The second-order valence-electron chi connectivity index (χ2n) is 10.4. The van der Waals surface area contributed by atoms with Crippen molar-refractivity contribution in [2.75, 3.05) is 13.2 Å². The van der Waals surface area contributed by atoms with Crippen molar-refractivity contribution in [3.63, 3.8) is 0 Å².